The third-order valence-electron chi connectivity index (χ3n) is 5.21. The van der Waals surface area contributed by atoms with Crippen LogP contribution in [0.15, 0.2) is 78.0 Å². The number of pyridine rings is 1. The maximum atomic E-state index is 13.9. The van der Waals surface area contributed by atoms with Gasteiger partial charge in [0.15, 0.2) is 0 Å². The van der Waals surface area contributed by atoms with Gasteiger partial charge in [0.1, 0.15) is 0 Å². The number of nitrogens with zero attached hydrogens (tertiary/aromatic N) is 3. The molecule has 0 aliphatic carbocycles. The summed E-state index contributed by atoms with van der Waals surface area (Å²) in [5.41, 5.74) is 0.772. The van der Waals surface area contributed by atoms with Gasteiger partial charge in [0.2, 0.25) is 11.9 Å². The van der Waals surface area contributed by atoms with E-state index in [0.29, 0.717) is 12.0 Å². The number of halogens is 3. The number of para-hydroxylation sites is 2. The molecule has 0 saturated carbocycles. The first kappa shape index (κ1) is 26.6. The minimum Gasteiger partial charge on any atom is -0.465 e. The van der Waals surface area contributed by atoms with Gasteiger partial charge >= 0.3 is 12.3 Å². The molecule has 38 heavy (non-hydrogen) atoms. The van der Waals surface area contributed by atoms with E-state index < -0.39 is 40.1 Å². The minimum atomic E-state index is -4.88. The van der Waals surface area contributed by atoms with Crippen molar-refractivity contribution in [2.45, 2.75) is 23.6 Å². The van der Waals surface area contributed by atoms with E-state index in [2.05, 4.69) is 25.0 Å². The highest BCUT2D eigenvalue weighted by atomic mass is 32.2. The van der Waals surface area contributed by atoms with Gasteiger partial charge in [-0.2, -0.15) is 13.2 Å². The Bertz CT molecular complexity index is 1540. The number of ether oxygens (including phenoxy) is 1. The number of hydrogen-bond acceptors (Lipinski definition) is 7. The highest BCUT2D eigenvalue weighted by molar-refractivity contribution is 7.92. The van der Waals surface area contributed by atoms with E-state index in [1.807, 2.05) is 0 Å². The molecule has 3 N–H and O–H groups in total. The Morgan fingerprint density at radius 1 is 1.00 bits per heavy atom. The van der Waals surface area contributed by atoms with Crippen LogP contribution in [0.25, 0.3) is 11.0 Å². The van der Waals surface area contributed by atoms with Gasteiger partial charge in [-0.1, -0.05) is 30.3 Å². The van der Waals surface area contributed by atoms with E-state index in [1.54, 1.807) is 12.1 Å². The Hall–Kier alpha value is -4.46. The molecule has 0 aliphatic heterocycles. The molecule has 1 unspecified atom stereocenters. The van der Waals surface area contributed by atoms with Gasteiger partial charge in [-0.05, 0) is 42.3 Å². The molecule has 0 radical (unpaired) electrons. The summed E-state index contributed by atoms with van der Waals surface area (Å²) in [6, 6.07) is 14.3. The number of aromatic nitrogens is 3. The van der Waals surface area contributed by atoms with Crippen LogP contribution in [0.5, 0.6) is 5.88 Å². The fourth-order valence-electron chi connectivity index (χ4n) is 3.43. The molecule has 1 atom stereocenters. The standard InChI is InChI=1S/C24H20F3N5O5S/c25-24(26,27)20(16-4-3-12-28-14-16)37-22-21(30-18-5-1-2-6-19(18)31-22)32-38(35,36)17-9-7-15(8-10-17)11-13-29-23(33)34/h1-10,12,14,20,29H,11,13H2,(H,30,32)(H,33,34). The Balaban J connectivity index is 1.67. The number of sulfonamides is 1. The van der Waals surface area contributed by atoms with E-state index in [9.17, 15) is 26.4 Å². The summed E-state index contributed by atoms with van der Waals surface area (Å²) in [7, 11) is -4.33. The van der Waals surface area contributed by atoms with Crippen LogP contribution in [0.2, 0.25) is 0 Å². The molecule has 4 rings (SSSR count). The second kappa shape index (κ2) is 10.9. The summed E-state index contributed by atoms with van der Waals surface area (Å²) in [6.07, 6.45) is -5.93. The van der Waals surface area contributed by atoms with Crippen LogP contribution in [0.1, 0.15) is 17.2 Å². The third kappa shape index (κ3) is 6.45. The number of carboxylic acid groups (broad SMARTS) is 1. The summed E-state index contributed by atoms with van der Waals surface area (Å²) in [6.45, 7) is 0.129. The zero-order valence-electron chi connectivity index (χ0n) is 19.4. The molecule has 0 aliphatic rings. The first-order valence-electron chi connectivity index (χ1n) is 11.0. The molecule has 4 aromatic rings. The average molecular weight is 548 g/mol. The van der Waals surface area contributed by atoms with Crippen LogP contribution in [-0.4, -0.2) is 47.3 Å². The van der Waals surface area contributed by atoms with Crippen molar-refractivity contribution in [2.75, 3.05) is 11.3 Å². The van der Waals surface area contributed by atoms with Crippen LogP contribution in [-0.2, 0) is 16.4 Å². The van der Waals surface area contributed by atoms with Gasteiger partial charge in [-0.25, -0.2) is 23.2 Å². The Labute approximate surface area is 214 Å². The Kier molecular flexibility index (Phi) is 7.62. The second-order valence-electron chi connectivity index (χ2n) is 7.92. The topological polar surface area (TPSA) is 143 Å². The predicted octanol–water partition coefficient (Wildman–Crippen LogP) is 4.32. The maximum absolute atomic E-state index is 13.9. The largest absolute Gasteiger partial charge is 0.465 e. The van der Waals surface area contributed by atoms with Crippen molar-refractivity contribution in [1.29, 1.82) is 0 Å². The summed E-state index contributed by atoms with van der Waals surface area (Å²) < 4.78 is 75.4. The fraction of sp³-hybridized carbons (Fsp3) is 0.167. The van der Waals surface area contributed by atoms with Crippen molar-refractivity contribution >= 4 is 33.0 Å². The first-order valence-corrected chi connectivity index (χ1v) is 12.5. The molecule has 2 heterocycles. The predicted molar refractivity (Wildman–Crippen MR) is 130 cm³/mol. The van der Waals surface area contributed by atoms with Gasteiger partial charge in [-0.15, -0.1) is 0 Å². The molecule has 0 saturated heterocycles. The normalized spacial score (nSPS) is 12.6. The van der Waals surface area contributed by atoms with Gasteiger partial charge < -0.3 is 15.2 Å². The summed E-state index contributed by atoms with van der Waals surface area (Å²) in [5.74, 6) is -1.20. The number of amides is 1. The van der Waals surface area contributed by atoms with Crippen molar-refractivity contribution in [3.63, 3.8) is 0 Å². The summed E-state index contributed by atoms with van der Waals surface area (Å²) >= 11 is 0. The molecule has 198 valence electrons. The van der Waals surface area contributed by atoms with Crippen LogP contribution < -0.4 is 14.8 Å². The Morgan fingerprint density at radius 3 is 2.29 bits per heavy atom. The molecule has 14 heteroatoms. The van der Waals surface area contributed by atoms with Gasteiger partial charge in [0, 0.05) is 24.5 Å². The molecule has 2 aromatic carbocycles. The molecule has 10 nitrogen and oxygen atoms in total. The number of benzene rings is 2. The number of rotatable bonds is 9. The SMILES string of the molecule is O=C(O)NCCc1ccc(S(=O)(=O)Nc2nc3ccccc3nc2OC(c2cccnc2)C(F)(F)F)cc1. The van der Waals surface area contributed by atoms with Crippen molar-refractivity contribution < 1.29 is 36.2 Å². The first-order chi connectivity index (χ1) is 18.0. The van der Waals surface area contributed by atoms with Gasteiger partial charge in [0.25, 0.3) is 15.9 Å². The van der Waals surface area contributed by atoms with Gasteiger partial charge in [-0.3, -0.25) is 9.71 Å². The maximum Gasteiger partial charge on any atom is 0.429 e. The second-order valence-corrected chi connectivity index (χ2v) is 9.61. The molecular weight excluding hydrogens is 527 g/mol. The smallest absolute Gasteiger partial charge is 0.429 e. The molecule has 2 aromatic heterocycles. The number of carbonyl (C=O) groups is 1. The van der Waals surface area contributed by atoms with Crippen LogP contribution >= 0.6 is 0 Å². The van der Waals surface area contributed by atoms with E-state index in [4.69, 9.17) is 9.84 Å². The lowest BCUT2D eigenvalue weighted by atomic mass is 10.1. The fourth-order valence-corrected chi connectivity index (χ4v) is 4.43. The zero-order valence-corrected chi connectivity index (χ0v) is 20.2. The van der Waals surface area contributed by atoms with Gasteiger partial charge in [0.05, 0.1) is 15.9 Å². The lowest BCUT2D eigenvalue weighted by Crippen LogP contribution is -2.27. The monoisotopic (exact) mass is 547 g/mol. The zero-order chi connectivity index (χ0) is 27.3. The molecule has 0 spiro atoms. The summed E-state index contributed by atoms with van der Waals surface area (Å²) in [5, 5.41) is 10.9. The molecule has 0 fully saturated rings. The van der Waals surface area contributed by atoms with Crippen molar-refractivity contribution in [3.8, 4) is 5.88 Å². The van der Waals surface area contributed by atoms with E-state index >= 15 is 0 Å². The quantitative estimate of drug-likeness (QED) is 0.281. The lowest BCUT2D eigenvalue weighted by molar-refractivity contribution is -0.198. The number of nitrogens with one attached hydrogen (secondary N) is 2. The molecule has 0 bridgehead atoms. The van der Waals surface area contributed by atoms with E-state index in [-0.39, 0.29) is 28.0 Å². The van der Waals surface area contributed by atoms with E-state index in [0.717, 1.165) is 6.20 Å². The Morgan fingerprint density at radius 2 is 1.68 bits per heavy atom. The van der Waals surface area contributed by atoms with E-state index in [1.165, 1.54) is 54.7 Å². The molecular formula is C24H20F3N5O5S. The van der Waals surface area contributed by atoms with Crippen molar-refractivity contribution in [3.05, 3.63) is 84.2 Å². The minimum absolute atomic E-state index is 0.129. The van der Waals surface area contributed by atoms with Crippen LogP contribution in [0.3, 0.4) is 0 Å². The molecule has 1 amide bonds. The number of anilines is 1. The lowest BCUT2D eigenvalue weighted by Gasteiger charge is -2.22. The van der Waals surface area contributed by atoms with Crippen molar-refractivity contribution in [2.24, 2.45) is 0 Å². The third-order valence-corrected chi connectivity index (χ3v) is 6.56. The number of fused-ring (bicyclic) bond motifs is 1. The highest BCUT2D eigenvalue weighted by Crippen LogP contribution is 2.38. The van der Waals surface area contributed by atoms with Crippen LogP contribution in [0, 0.1) is 0 Å². The van der Waals surface area contributed by atoms with Crippen LogP contribution in [0.4, 0.5) is 23.8 Å². The number of hydrogen-bond donors (Lipinski definition) is 3. The average Bonchev–Trinajstić information content (AvgIpc) is 2.87. The van der Waals surface area contributed by atoms with Crippen molar-refractivity contribution in [1.82, 2.24) is 20.3 Å². The summed E-state index contributed by atoms with van der Waals surface area (Å²) in [4.78, 5) is 22.4. The highest BCUT2D eigenvalue weighted by Gasteiger charge is 2.44. The number of alkyl halides is 3.